The fourth-order valence-corrected chi connectivity index (χ4v) is 3.32. The first-order chi connectivity index (χ1) is 6.83. The van der Waals surface area contributed by atoms with Crippen LogP contribution in [-0.2, 0) is 15.5 Å². The van der Waals surface area contributed by atoms with Gasteiger partial charge in [-0.25, -0.2) is 0 Å². The smallest absolute Gasteiger partial charge is 0.0873 e. The molecule has 1 heterocycles. The molecule has 2 unspecified atom stereocenters. The fourth-order valence-electron chi connectivity index (χ4n) is 1.81. The van der Waals surface area contributed by atoms with Gasteiger partial charge in [0.1, 0.15) is 0 Å². The fraction of sp³-hybridized carbons (Fsp3) is 0.818. The lowest BCUT2D eigenvalue weighted by molar-refractivity contribution is 0.233. The lowest BCUT2D eigenvalue weighted by Gasteiger charge is -2.20. The van der Waals surface area contributed by atoms with Crippen molar-refractivity contribution in [3.05, 3.63) is 12.3 Å². The van der Waals surface area contributed by atoms with Crippen molar-refractivity contribution < 1.29 is 8.95 Å². The summed E-state index contributed by atoms with van der Waals surface area (Å²) in [6.07, 6.45) is 8.30. The summed E-state index contributed by atoms with van der Waals surface area (Å²) in [5, 5.41) is 0. The molecule has 0 radical (unpaired) electrons. The van der Waals surface area contributed by atoms with Crippen molar-refractivity contribution in [2.45, 2.75) is 32.6 Å². The predicted molar refractivity (Wildman–Crippen MR) is 60.6 cm³/mol. The van der Waals surface area contributed by atoms with E-state index in [1.165, 1.54) is 12.8 Å². The van der Waals surface area contributed by atoms with E-state index in [0.717, 1.165) is 31.0 Å². The van der Waals surface area contributed by atoms with Crippen LogP contribution >= 0.6 is 0 Å². The standard InChI is InChI=1S/C11H20O2S/c1-2-7-13-8-3-5-11-6-4-9-14(12)10-11/h2,7,11H,3-6,8-10H2,1H3/b7-2+. The maximum atomic E-state index is 11.3. The Morgan fingerprint density at radius 2 is 2.43 bits per heavy atom. The molecule has 0 aliphatic carbocycles. The van der Waals surface area contributed by atoms with Gasteiger partial charge in [0.25, 0.3) is 0 Å². The second kappa shape index (κ2) is 7.04. The Morgan fingerprint density at radius 1 is 1.57 bits per heavy atom. The Hall–Kier alpha value is -0.310. The maximum Gasteiger partial charge on any atom is 0.0873 e. The van der Waals surface area contributed by atoms with Crippen LogP contribution < -0.4 is 0 Å². The quantitative estimate of drug-likeness (QED) is 0.521. The largest absolute Gasteiger partial charge is 0.502 e. The molecule has 1 saturated heterocycles. The molecule has 1 aliphatic rings. The van der Waals surface area contributed by atoms with Gasteiger partial charge in [0, 0.05) is 22.3 Å². The number of allylic oxidation sites excluding steroid dienone is 1. The summed E-state index contributed by atoms with van der Waals surface area (Å²) in [7, 11) is -0.534. The molecule has 0 amide bonds. The second-order valence-electron chi connectivity index (χ2n) is 3.80. The van der Waals surface area contributed by atoms with Gasteiger partial charge in [-0.15, -0.1) is 0 Å². The van der Waals surface area contributed by atoms with Crippen molar-refractivity contribution in [2.24, 2.45) is 5.92 Å². The molecule has 0 aromatic rings. The van der Waals surface area contributed by atoms with E-state index < -0.39 is 10.8 Å². The van der Waals surface area contributed by atoms with E-state index in [0.29, 0.717) is 5.92 Å². The highest BCUT2D eigenvalue weighted by atomic mass is 32.2. The topological polar surface area (TPSA) is 26.3 Å². The number of rotatable bonds is 5. The summed E-state index contributed by atoms with van der Waals surface area (Å²) >= 11 is 0. The van der Waals surface area contributed by atoms with E-state index in [-0.39, 0.29) is 0 Å². The molecule has 1 rings (SSSR count). The summed E-state index contributed by atoms with van der Waals surface area (Å²) in [5.74, 6) is 2.52. The highest BCUT2D eigenvalue weighted by Crippen LogP contribution is 2.20. The van der Waals surface area contributed by atoms with Gasteiger partial charge in [-0.3, -0.25) is 4.21 Å². The molecular formula is C11H20O2S. The van der Waals surface area contributed by atoms with Crippen LogP contribution in [0.4, 0.5) is 0 Å². The van der Waals surface area contributed by atoms with Crippen molar-refractivity contribution in [3.63, 3.8) is 0 Å². The van der Waals surface area contributed by atoms with Gasteiger partial charge < -0.3 is 4.74 Å². The molecule has 0 aromatic carbocycles. The van der Waals surface area contributed by atoms with Crippen LogP contribution in [0.25, 0.3) is 0 Å². The van der Waals surface area contributed by atoms with E-state index in [1.807, 2.05) is 13.0 Å². The summed E-state index contributed by atoms with van der Waals surface area (Å²) in [4.78, 5) is 0. The van der Waals surface area contributed by atoms with E-state index in [4.69, 9.17) is 4.74 Å². The lowest BCUT2D eigenvalue weighted by Crippen LogP contribution is -2.20. The third kappa shape index (κ3) is 4.80. The molecule has 0 bridgehead atoms. The third-order valence-electron chi connectivity index (χ3n) is 2.51. The molecule has 14 heavy (non-hydrogen) atoms. The average Bonchev–Trinajstić information content (AvgIpc) is 2.18. The third-order valence-corrected chi connectivity index (χ3v) is 4.10. The molecule has 0 aromatic heterocycles. The van der Waals surface area contributed by atoms with Crippen LogP contribution in [0.3, 0.4) is 0 Å². The summed E-state index contributed by atoms with van der Waals surface area (Å²) in [5.41, 5.74) is 0. The number of ether oxygens (including phenoxy) is 1. The van der Waals surface area contributed by atoms with Crippen molar-refractivity contribution in [3.8, 4) is 0 Å². The molecule has 0 saturated carbocycles. The first kappa shape index (κ1) is 11.8. The molecule has 2 nitrogen and oxygen atoms in total. The SMILES string of the molecule is C/C=C/OCCCC1CCCS(=O)C1. The van der Waals surface area contributed by atoms with Crippen molar-refractivity contribution in [2.75, 3.05) is 18.1 Å². The molecule has 82 valence electrons. The van der Waals surface area contributed by atoms with Gasteiger partial charge in [0.2, 0.25) is 0 Å². The number of hydrogen-bond acceptors (Lipinski definition) is 2. The molecule has 3 heteroatoms. The molecular weight excluding hydrogens is 196 g/mol. The Kier molecular flexibility index (Phi) is 5.92. The lowest BCUT2D eigenvalue weighted by atomic mass is 10.00. The normalized spacial score (nSPS) is 28.1. The zero-order chi connectivity index (χ0) is 10.2. The minimum absolute atomic E-state index is 0.534. The highest BCUT2D eigenvalue weighted by molar-refractivity contribution is 7.85. The van der Waals surface area contributed by atoms with Gasteiger partial charge in [-0.1, -0.05) is 6.08 Å². The van der Waals surface area contributed by atoms with E-state index in [1.54, 1.807) is 6.26 Å². The molecule has 0 spiro atoms. The monoisotopic (exact) mass is 216 g/mol. The highest BCUT2D eigenvalue weighted by Gasteiger charge is 2.17. The molecule has 2 atom stereocenters. The number of hydrogen-bond donors (Lipinski definition) is 0. The van der Waals surface area contributed by atoms with Crippen LogP contribution in [-0.4, -0.2) is 22.3 Å². The molecule has 0 N–H and O–H groups in total. The molecule has 1 aliphatic heterocycles. The predicted octanol–water partition coefficient (Wildman–Crippen LogP) is 2.48. The van der Waals surface area contributed by atoms with E-state index in [9.17, 15) is 4.21 Å². The van der Waals surface area contributed by atoms with Crippen molar-refractivity contribution in [1.29, 1.82) is 0 Å². The first-order valence-electron chi connectivity index (χ1n) is 5.40. The Morgan fingerprint density at radius 3 is 3.14 bits per heavy atom. The van der Waals surface area contributed by atoms with Gasteiger partial charge in [0.15, 0.2) is 0 Å². The van der Waals surface area contributed by atoms with Crippen LogP contribution in [0.2, 0.25) is 0 Å². The van der Waals surface area contributed by atoms with Crippen LogP contribution in [0.1, 0.15) is 32.6 Å². The van der Waals surface area contributed by atoms with Crippen LogP contribution in [0.15, 0.2) is 12.3 Å². The molecule has 1 fully saturated rings. The average molecular weight is 216 g/mol. The summed E-state index contributed by atoms with van der Waals surface area (Å²) in [6.45, 7) is 2.75. The van der Waals surface area contributed by atoms with Gasteiger partial charge in [0.05, 0.1) is 12.9 Å². The van der Waals surface area contributed by atoms with Gasteiger partial charge >= 0.3 is 0 Å². The van der Waals surface area contributed by atoms with Crippen molar-refractivity contribution in [1.82, 2.24) is 0 Å². The zero-order valence-corrected chi connectivity index (χ0v) is 9.72. The maximum absolute atomic E-state index is 11.3. The Bertz CT molecular complexity index is 201. The minimum Gasteiger partial charge on any atom is -0.502 e. The Labute approximate surface area is 89.2 Å². The first-order valence-corrected chi connectivity index (χ1v) is 6.89. The summed E-state index contributed by atoms with van der Waals surface area (Å²) in [6, 6.07) is 0. The van der Waals surface area contributed by atoms with Gasteiger partial charge in [-0.05, 0) is 38.5 Å². The zero-order valence-electron chi connectivity index (χ0n) is 8.91. The van der Waals surface area contributed by atoms with Crippen LogP contribution in [0.5, 0.6) is 0 Å². The summed E-state index contributed by atoms with van der Waals surface area (Å²) < 4.78 is 16.5. The Balaban J connectivity index is 2.03. The minimum atomic E-state index is -0.534. The van der Waals surface area contributed by atoms with Gasteiger partial charge in [-0.2, -0.15) is 0 Å². The van der Waals surface area contributed by atoms with E-state index in [2.05, 4.69) is 0 Å². The van der Waals surface area contributed by atoms with Crippen LogP contribution in [0, 0.1) is 5.92 Å². The second-order valence-corrected chi connectivity index (χ2v) is 5.42. The van der Waals surface area contributed by atoms with Crippen molar-refractivity contribution >= 4 is 10.8 Å². The van der Waals surface area contributed by atoms with E-state index >= 15 is 0 Å².